The van der Waals surface area contributed by atoms with Gasteiger partial charge < -0.3 is 10.3 Å². The minimum atomic E-state index is 0.765. The van der Waals surface area contributed by atoms with Crippen LogP contribution in [0.25, 0.3) is 11.1 Å². The molecule has 4 nitrogen and oxygen atoms in total. The normalized spacial score (nSPS) is 14.6. The first-order valence-corrected chi connectivity index (χ1v) is 11.4. The average molecular weight is 405 g/mol. The Bertz CT molecular complexity index is 895. The maximum atomic E-state index is 4.09. The molecule has 1 heterocycles. The SMILES string of the molecule is C=C(CSc1nnc[nH]1)NCc1ccc(-c2ccc(C3CCCCC3)cc2)cc1. The Kier molecular flexibility index (Phi) is 6.67. The molecule has 0 amide bonds. The van der Waals surface area contributed by atoms with E-state index >= 15 is 0 Å². The lowest BCUT2D eigenvalue weighted by Crippen LogP contribution is -2.13. The van der Waals surface area contributed by atoms with E-state index in [2.05, 4.69) is 75.6 Å². The van der Waals surface area contributed by atoms with Crippen LogP contribution in [0.1, 0.15) is 49.1 Å². The Balaban J connectivity index is 1.28. The summed E-state index contributed by atoms with van der Waals surface area (Å²) in [5, 5.41) is 11.9. The molecule has 1 aromatic heterocycles. The standard InChI is InChI=1S/C24H28N4S/c1-18(16-29-24-26-17-27-28-24)25-15-19-7-9-21(10-8-19)23-13-11-22(12-14-23)20-5-3-2-4-6-20/h7-14,17,20,25H,1-6,15-16H2,(H,26,27,28). The molecule has 2 N–H and O–H groups in total. The van der Waals surface area contributed by atoms with E-state index in [1.54, 1.807) is 18.1 Å². The Morgan fingerprint density at radius 3 is 2.34 bits per heavy atom. The number of aromatic amines is 1. The van der Waals surface area contributed by atoms with Gasteiger partial charge in [-0.3, -0.25) is 0 Å². The molecular weight excluding hydrogens is 376 g/mol. The second-order valence-corrected chi connectivity index (χ2v) is 8.66. The topological polar surface area (TPSA) is 53.6 Å². The van der Waals surface area contributed by atoms with Crippen molar-refractivity contribution in [1.82, 2.24) is 20.5 Å². The summed E-state index contributed by atoms with van der Waals surface area (Å²) in [4.78, 5) is 2.98. The third-order valence-electron chi connectivity index (χ3n) is 5.59. The second-order valence-electron chi connectivity index (χ2n) is 7.69. The highest BCUT2D eigenvalue weighted by Crippen LogP contribution is 2.33. The van der Waals surface area contributed by atoms with E-state index in [0.29, 0.717) is 0 Å². The van der Waals surface area contributed by atoms with Gasteiger partial charge in [0.25, 0.3) is 0 Å². The molecule has 0 spiro atoms. The number of H-pyrrole nitrogens is 1. The zero-order valence-corrected chi connectivity index (χ0v) is 17.5. The van der Waals surface area contributed by atoms with Crippen LogP contribution < -0.4 is 5.32 Å². The van der Waals surface area contributed by atoms with Crippen LogP contribution in [0.3, 0.4) is 0 Å². The van der Waals surface area contributed by atoms with Gasteiger partial charge in [0.15, 0.2) is 5.16 Å². The first kappa shape index (κ1) is 19.8. The molecule has 0 radical (unpaired) electrons. The first-order valence-electron chi connectivity index (χ1n) is 10.4. The lowest BCUT2D eigenvalue weighted by Gasteiger charge is -2.22. The monoisotopic (exact) mass is 404 g/mol. The van der Waals surface area contributed by atoms with E-state index in [4.69, 9.17) is 0 Å². The van der Waals surface area contributed by atoms with Gasteiger partial charge in [-0.25, -0.2) is 0 Å². The van der Waals surface area contributed by atoms with Gasteiger partial charge in [0.05, 0.1) is 0 Å². The van der Waals surface area contributed by atoms with Crippen molar-refractivity contribution in [2.24, 2.45) is 0 Å². The Hall–Kier alpha value is -2.53. The highest BCUT2D eigenvalue weighted by Gasteiger charge is 2.15. The maximum absolute atomic E-state index is 4.09. The number of hydrogen-bond donors (Lipinski definition) is 2. The van der Waals surface area contributed by atoms with E-state index in [0.717, 1.165) is 29.1 Å². The first-order chi connectivity index (χ1) is 14.3. The molecule has 1 fully saturated rings. The molecule has 1 aliphatic rings. The van der Waals surface area contributed by atoms with Crippen molar-refractivity contribution in [3.05, 3.63) is 78.3 Å². The molecule has 0 saturated heterocycles. The zero-order chi connectivity index (χ0) is 19.9. The molecule has 0 unspecified atom stereocenters. The van der Waals surface area contributed by atoms with Crippen molar-refractivity contribution >= 4 is 11.8 Å². The van der Waals surface area contributed by atoms with E-state index in [1.807, 2.05) is 0 Å². The summed E-state index contributed by atoms with van der Waals surface area (Å²) in [5.74, 6) is 1.53. The molecule has 2 aromatic carbocycles. The lowest BCUT2D eigenvalue weighted by atomic mass is 9.84. The van der Waals surface area contributed by atoms with Crippen LogP contribution >= 0.6 is 11.8 Å². The lowest BCUT2D eigenvalue weighted by molar-refractivity contribution is 0.443. The van der Waals surface area contributed by atoms with E-state index < -0.39 is 0 Å². The minimum Gasteiger partial charge on any atom is -0.384 e. The quantitative estimate of drug-likeness (QED) is 0.458. The van der Waals surface area contributed by atoms with Crippen LogP contribution in [-0.4, -0.2) is 20.9 Å². The van der Waals surface area contributed by atoms with Crippen LogP contribution in [0.5, 0.6) is 0 Å². The second kappa shape index (κ2) is 9.79. The summed E-state index contributed by atoms with van der Waals surface area (Å²) in [5.41, 5.74) is 6.30. The smallest absolute Gasteiger partial charge is 0.188 e. The largest absolute Gasteiger partial charge is 0.384 e. The number of aromatic nitrogens is 3. The fourth-order valence-corrected chi connectivity index (χ4v) is 4.55. The molecule has 0 bridgehead atoms. The number of nitrogens with one attached hydrogen (secondary N) is 2. The molecule has 5 heteroatoms. The van der Waals surface area contributed by atoms with Crippen molar-refractivity contribution in [3.8, 4) is 11.1 Å². The van der Waals surface area contributed by atoms with Gasteiger partial charge in [-0.1, -0.05) is 86.1 Å². The molecule has 4 rings (SSSR count). The molecule has 1 aliphatic carbocycles. The predicted octanol–water partition coefficient (Wildman–Crippen LogP) is 5.92. The number of hydrogen-bond acceptors (Lipinski definition) is 4. The molecular formula is C24H28N4S. The summed E-state index contributed by atoms with van der Waals surface area (Å²) in [6.45, 7) is 4.86. The van der Waals surface area contributed by atoms with Gasteiger partial charge in [-0.2, -0.15) is 0 Å². The van der Waals surface area contributed by atoms with E-state index in [9.17, 15) is 0 Å². The number of rotatable bonds is 8. The Morgan fingerprint density at radius 1 is 1.00 bits per heavy atom. The van der Waals surface area contributed by atoms with Gasteiger partial charge in [0, 0.05) is 18.0 Å². The maximum Gasteiger partial charge on any atom is 0.188 e. The minimum absolute atomic E-state index is 0.765. The molecule has 1 saturated carbocycles. The van der Waals surface area contributed by atoms with Crippen LogP contribution in [0.2, 0.25) is 0 Å². The molecule has 150 valence electrons. The van der Waals surface area contributed by atoms with E-state index in [-0.39, 0.29) is 0 Å². The van der Waals surface area contributed by atoms with Gasteiger partial charge in [-0.05, 0) is 41.0 Å². The Morgan fingerprint density at radius 2 is 1.69 bits per heavy atom. The summed E-state index contributed by atoms with van der Waals surface area (Å²) in [7, 11) is 0. The highest BCUT2D eigenvalue weighted by molar-refractivity contribution is 7.99. The molecule has 0 aliphatic heterocycles. The van der Waals surface area contributed by atoms with Crippen molar-refractivity contribution in [2.45, 2.75) is 49.7 Å². The van der Waals surface area contributed by atoms with Crippen LogP contribution in [0.4, 0.5) is 0 Å². The third-order valence-corrected chi connectivity index (χ3v) is 6.56. The zero-order valence-electron chi connectivity index (χ0n) is 16.7. The average Bonchev–Trinajstić information content (AvgIpc) is 3.31. The number of thioether (sulfide) groups is 1. The van der Waals surface area contributed by atoms with Crippen molar-refractivity contribution in [1.29, 1.82) is 0 Å². The number of benzene rings is 2. The van der Waals surface area contributed by atoms with Crippen molar-refractivity contribution in [3.63, 3.8) is 0 Å². The summed E-state index contributed by atoms with van der Waals surface area (Å²) in [6, 6.07) is 18.0. The third kappa shape index (κ3) is 5.51. The van der Waals surface area contributed by atoms with Crippen molar-refractivity contribution < 1.29 is 0 Å². The molecule has 29 heavy (non-hydrogen) atoms. The van der Waals surface area contributed by atoms with Gasteiger partial charge in [0.2, 0.25) is 0 Å². The fourth-order valence-electron chi connectivity index (χ4n) is 3.90. The van der Waals surface area contributed by atoms with Gasteiger partial charge in [0.1, 0.15) is 6.33 Å². The molecule has 3 aromatic rings. The predicted molar refractivity (Wildman–Crippen MR) is 121 cm³/mol. The van der Waals surface area contributed by atoms with Crippen LogP contribution in [-0.2, 0) is 6.54 Å². The van der Waals surface area contributed by atoms with Crippen LogP contribution in [0, 0.1) is 0 Å². The van der Waals surface area contributed by atoms with Crippen molar-refractivity contribution in [2.75, 3.05) is 5.75 Å². The van der Waals surface area contributed by atoms with Gasteiger partial charge in [-0.15, -0.1) is 10.2 Å². The summed E-state index contributed by atoms with van der Waals surface area (Å²) >= 11 is 1.59. The van der Waals surface area contributed by atoms with Crippen LogP contribution in [0.15, 0.2) is 72.3 Å². The summed E-state index contributed by atoms with van der Waals surface area (Å²) < 4.78 is 0. The fraction of sp³-hybridized carbons (Fsp3) is 0.333. The van der Waals surface area contributed by atoms with Gasteiger partial charge >= 0.3 is 0 Å². The van der Waals surface area contributed by atoms with E-state index in [1.165, 1.54) is 54.4 Å². The number of nitrogens with zero attached hydrogens (tertiary/aromatic N) is 2. The molecule has 0 atom stereocenters. The Labute approximate surface area is 177 Å². The highest BCUT2D eigenvalue weighted by atomic mass is 32.2. The summed E-state index contributed by atoms with van der Waals surface area (Å²) in [6.07, 6.45) is 8.46.